The smallest absolute Gasteiger partial charge is 0.0474 e. The molecule has 0 unspecified atom stereocenters. The van der Waals surface area contributed by atoms with Crippen LogP contribution in [0.15, 0.2) is 0 Å². The topological polar surface area (TPSA) is 0 Å². The zero-order valence-corrected chi connectivity index (χ0v) is 10.9. The average molecular weight is 292 g/mol. The molecule has 0 spiro atoms. The molecule has 1 fully saturated rings. The second kappa shape index (κ2) is 10.4. The highest BCUT2D eigenvalue weighted by Crippen LogP contribution is 2.29. The van der Waals surface area contributed by atoms with Crippen molar-refractivity contribution in [3.05, 3.63) is 0 Å². The fourth-order valence-corrected chi connectivity index (χ4v) is 3.04. The van der Waals surface area contributed by atoms with Crippen molar-refractivity contribution in [1.29, 1.82) is 0 Å². The van der Waals surface area contributed by atoms with Crippen molar-refractivity contribution in [3.63, 3.8) is 0 Å². The molecule has 0 N–H and O–H groups in total. The summed E-state index contributed by atoms with van der Waals surface area (Å²) in [6.45, 7) is 6.29. The standard InChI is InChI=1S/C5H10S2.C2H6.HI/c1-5-6-3-2-4-7-5;1-2;/h5H,2-4H2,1H3;1-2H3;1H. The Labute approximate surface area is 90.3 Å². The van der Waals surface area contributed by atoms with Crippen molar-refractivity contribution in [3.8, 4) is 0 Å². The van der Waals surface area contributed by atoms with Gasteiger partial charge in [0.1, 0.15) is 0 Å². The quantitative estimate of drug-likeness (QED) is 0.622. The summed E-state index contributed by atoms with van der Waals surface area (Å²) in [5.41, 5.74) is 0. The summed E-state index contributed by atoms with van der Waals surface area (Å²) in [6.07, 6.45) is 1.42. The molecule has 0 aromatic carbocycles. The third-order valence-electron chi connectivity index (χ3n) is 0.994. The first kappa shape index (κ1) is 14.0. The highest BCUT2D eigenvalue weighted by Gasteiger charge is 2.06. The Kier molecular flexibility index (Phi) is 14.6. The fraction of sp³-hybridized carbons (Fsp3) is 1.00. The van der Waals surface area contributed by atoms with Crippen LogP contribution in [-0.4, -0.2) is 16.1 Å². The highest BCUT2D eigenvalue weighted by molar-refractivity contribution is 14.0. The lowest BCUT2D eigenvalue weighted by Crippen LogP contribution is -2.00. The van der Waals surface area contributed by atoms with E-state index in [1.165, 1.54) is 17.9 Å². The van der Waals surface area contributed by atoms with Gasteiger partial charge in [0, 0.05) is 4.58 Å². The first-order valence-corrected chi connectivity index (χ1v) is 5.72. The Hall–Kier alpha value is 1.43. The fourth-order valence-electron chi connectivity index (χ4n) is 0.606. The van der Waals surface area contributed by atoms with E-state index in [-0.39, 0.29) is 24.0 Å². The highest BCUT2D eigenvalue weighted by atomic mass is 127. The molecular formula is C7H17IS2. The molecule has 0 aliphatic carbocycles. The third-order valence-corrected chi connectivity index (χ3v) is 3.80. The molecule has 0 aromatic heterocycles. The molecule has 0 amide bonds. The van der Waals surface area contributed by atoms with Crippen molar-refractivity contribution >= 4 is 47.5 Å². The van der Waals surface area contributed by atoms with Crippen LogP contribution < -0.4 is 0 Å². The first-order chi connectivity index (χ1) is 4.39. The minimum Gasteiger partial charge on any atom is -0.148 e. The van der Waals surface area contributed by atoms with E-state index < -0.39 is 0 Å². The molecule has 0 radical (unpaired) electrons. The molecule has 0 saturated carbocycles. The summed E-state index contributed by atoms with van der Waals surface area (Å²) in [5.74, 6) is 2.77. The Morgan fingerprint density at radius 1 is 1.10 bits per heavy atom. The lowest BCUT2D eigenvalue weighted by Gasteiger charge is -2.15. The van der Waals surface area contributed by atoms with Crippen LogP contribution in [0.4, 0.5) is 0 Å². The Morgan fingerprint density at radius 2 is 1.50 bits per heavy atom. The maximum absolute atomic E-state index is 2.29. The lowest BCUT2D eigenvalue weighted by atomic mass is 10.6. The number of halogens is 1. The number of rotatable bonds is 0. The van der Waals surface area contributed by atoms with Gasteiger partial charge in [0.05, 0.1) is 0 Å². The molecule has 10 heavy (non-hydrogen) atoms. The van der Waals surface area contributed by atoms with E-state index in [0.29, 0.717) is 0 Å². The van der Waals surface area contributed by atoms with E-state index in [0.717, 1.165) is 4.58 Å². The molecule has 3 heteroatoms. The van der Waals surface area contributed by atoms with Crippen LogP contribution in [0.25, 0.3) is 0 Å². The van der Waals surface area contributed by atoms with Gasteiger partial charge < -0.3 is 0 Å². The van der Waals surface area contributed by atoms with Gasteiger partial charge in [-0.3, -0.25) is 0 Å². The largest absolute Gasteiger partial charge is 0.148 e. The zero-order chi connectivity index (χ0) is 7.11. The first-order valence-electron chi connectivity index (χ1n) is 3.63. The summed E-state index contributed by atoms with van der Waals surface area (Å²) in [5, 5.41) is 0. The van der Waals surface area contributed by atoms with Crippen molar-refractivity contribution in [2.45, 2.75) is 31.8 Å². The van der Waals surface area contributed by atoms with Crippen LogP contribution in [0.2, 0.25) is 0 Å². The lowest BCUT2D eigenvalue weighted by molar-refractivity contribution is 1.10. The Balaban J connectivity index is 0. The predicted molar refractivity (Wildman–Crippen MR) is 65.8 cm³/mol. The SMILES string of the molecule is CC.CC1SCCCS1.I. The van der Waals surface area contributed by atoms with E-state index in [9.17, 15) is 0 Å². The van der Waals surface area contributed by atoms with Crippen molar-refractivity contribution < 1.29 is 0 Å². The summed E-state index contributed by atoms with van der Waals surface area (Å²) < 4.78 is 0.869. The normalized spacial score (nSPS) is 18.3. The molecule has 1 rings (SSSR count). The van der Waals surface area contributed by atoms with Crippen molar-refractivity contribution in [2.24, 2.45) is 0 Å². The maximum atomic E-state index is 2.29. The molecule has 0 bridgehead atoms. The zero-order valence-electron chi connectivity index (χ0n) is 6.92. The van der Waals surface area contributed by atoms with Crippen LogP contribution in [0.5, 0.6) is 0 Å². The van der Waals surface area contributed by atoms with Gasteiger partial charge in [0.25, 0.3) is 0 Å². The Morgan fingerprint density at radius 3 is 1.70 bits per heavy atom. The molecule has 1 saturated heterocycles. The average Bonchev–Trinajstić information content (AvgIpc) is 1.94. The molecule has 0 aromatic rings. The molecular weight excluding hydrogens is 275 g/mol. The Bertz CT molecular complexity index is 53.6. The number of thioether (sulfide) groups is 2. The van der Waals surface area contributed by atoms with Gasteiger partial charge in [0.2, 0.25) is 0 Å². The monoisotopic (exact) mass is 292 g/mol. The van der Waals surface area contributed by atoms with Crippen molar-refractivity contribution in [2.75, 3.05) is 11.5 Å². The van der Waals surface area contributed by atoms with Gasteiger partial charge in [-0.2, -0.15) is 0 Å². The van der Waals surface area contributed by atoms with Gasteiger partial charge in [0.15, 0.2) is 0 Å². The van der Waals surface area contributed by atoms with E-state index in [1.807, 2.05) is 13.8 Å². The second-order valence-corrected chi connectivity index (χ2v) is 4.86. The number of hydrogen-bond acceptors (Lipinski definition) is 2. The van der Waals surface area contributed by atoms with Gasteiger partial charge in [-0.15, -0.1) is 47.5 Å². The van der Waals surface area contributed by atoms with Gasteiger partial charge in [-0.1, -0.05) is 13.8 Å². The molecule has 1 aliphatic rings. The van der Waals surface area contributed by atoms with Gasteiger partial charge in [-0.05, 0) is 24.9 Å². The van der Waals surface area contributed by atoms with E-state index >= 15 is 0 Å². The predicted octanol–water partition coefficient (Wildman–Crippen LogP) is 3.85. The summed E-state index contributed by atoms with van der Waals surface area (Å²) >= 11 is 4.16. The maximum Gasteiger partial charge on any atom is 0.0474 e. The van der Waals surface area contributed by atoms with Crippen LogP contribution in [0.1, 0.15) is 27.2 Å². The van der Waals surface area contributed by atoms with Crippen LogP contribution in [-0.2, 0) is 0 Å². The molecule has 1 aliphatic heterocycles. The third kappa shape index (κ3) is 7.54. The van der Waals surface area contributed by atoms with Crippen LogP contribution in [0.3, 0.4) is 0 Å². The van der Waals surface area contributed by atoms with Crippen LogP contribution >= 0.6 is 47.5 Å². The van der Waals surface area contributed by atoms with E-state index in [4.69, 9.17) is 0 Å². The summed E-state index contributed by atoms with van der Waals surface area (Å²) in [4.78, 5) is 0. The van der Waals surface area contributed by atoms with Crippen molar-refractivity contribution in [1.82, 2.24) is 0 Å². The summed E-state index contributed by atoms with van der Waals surface area (Å²) in [6, 6.07) is 0. The van der Waals surface area contributed by atoms with E-state index in [1.54, 1.807) is 0 Å². The van der Waals surface area contributed by atoms with Gasteiger partial charge in [-0.25, -0.2) is 0 Å². The molecule has 1 heterocycles. The molecule has 64 valence electrons. The second-order valence-electron chi connectivity index (χ2n) is 1.66. The number of hydrogen-bond donors (Lipinski definition) is 0. The van der Waals surface area contributed by atoms with Crippen LogP contribution in [0, 0.1) is 0 Å². The van der Waals surface area contributed by atoms with E-state index in [2.05, 4.69) is 30.4 Å². The molecule has 0 nitrogen and oxygen atoms in total. The molecule has 0 atom stereocenters. The summed E-state index contributed by atoms with van der Waals surface area (Å²) in [7, 11) is 0. The van der Waals surface area contributed by atoms with Gasteiger partial charge >= 0.3 is 0 Å². The minimum absolute atomic E-state index is 0. The minimum atomic E-state index is 0.